The average molecular weight is 292 g/mol. The topological polar surface area (TPSA) is 121 Å². The number of rotatable bonds is 2. The van der Waals surface area contributed by atoms with E-state index in [2.05, 4.69) is 0 Å². The van der Waals surface area contributed by atoms with Gasteiger partial charge in [-0.2, -0.15) is 0 Å². The molecule has 0 amide bonds. The molecule has 2 rings (SSSR count). The number of aromatic carboxylic acids is 2. The van der Waals surface area contributed by atoms with Crippen LogP contribution in [-0.2, 0) is 0 Å². The van der Waals surface area contributed by atoms with Gasteiger partial charge in [0.25, 0.3) is 0 Å². The van der Waals surface area contributed by atoms with Gasteiger partial charge >= 0.3 is 71.1 Å². The van der Waals surface area contributed by atoms with Crippen molar-refractivity contribution in [2.24, 2.45) is 0 Å². The number of carboxylic acids is 2. The molecule has 2 aromatic carbocycles. The van der Waals surface area contributed by atoms with Gasteiger partial charge in [-0.05, 0) is 22.9 Å². The third-order valence-corrected chi connectivity index (χ3v) is 2.47. The van der Waals surface area contributed by atoms with E-state index in [0.717, 1.165) is 24.3 Å². The van der Waals surface area contributed by atoms with Gasteiger partial charge < -0.3 is 20.4 Å². The molecule has 0 bridgehead atoms. The Balaban J connectivity index is 0.00000180. The van der Waals surface area contributed by atoms with Crippen molar-refractivity contribution in [2.75, 3.05) is 0 Å². The molecule has 0 aliphatic heterocycles. The molecule has 20 heavy (non-hydrogen) atoms. The summed E-state index contributed by atoms with van der Waals surface area (Å²) in [6.45, 7) is 0. The summed E-state index contributed by atoms with van der Waals surface area (Å²) in [6.07, 6.45) is 0. The van der Waals surface area contributed by atoms with Crippen LogP contribution in [0.4, 0.5) is 0 Å². The standard InChI is InChI=1S/C12H8O6.2Na/c13-8-3-6(11(15)16)1-5-2-7(12(17)18)4-9(14)10(5)8;;/h1-4,13-14H,(H,15,16)(H,17,18);;/q;2*+1/p-2. The van der Waals surface area contributed by atoms with Crippen LogP contribution in [0.1, 0.15) is 20.7 Å². The fourth-order valence-electron chi connectivity index (χ4n) is 1.68. The molecule has 2 aromatic rings. The second kappa shape index (κ2) is 7.31. The molecular weight excluding hydrogens is 286 g/mol. The maximum absolute atomic E-state index is 11.6. The summed E-state index contributed by atoms with van der Waals surface area (Å²) in [5, 5.41) is 40.6. The molecule has 92 valence electrons. The van der Waals surface area contributed by atoms with Gasteiger partial charge in [0.05, 0.1) is 11.1 Å². The number of hydrogen-bond acceptors (Lipinski definition) is 4. The van der Waals surface area contributed by atoms with Crippen LogP contribution in [0.15, 0.2) is 24.3 Å². The Morgan fingerprint density at radius 2 is 1.15 bits per heavy atom. The van der Waals surface area contributed by atoms with Crippen LogP contribution >= 0.6 is 0 Å². The fourth-order valence-corrected chi connectivity index (χ4v) is 1.68. The van der Waals surface area contributed by atoms with Crippen LogP contribution in [0, 0.1) is 0 Å². The number of carboxylic acid groups (broad SMARTS) is 2. The van der Waals surface area contributed by atoms with Crippen LogP contribution in [0.25, 0.3) is 10.8 Å². The Morgan fingerprint density at radius 1 is 0.800 bits per heavy atom. The third kappa shape index (κ3) is 3.66. The van der Waals surface area contributed by atoms with Crippen molar-refractivity contribution >= 4 is 22.7 Å². The van der Waals surface area contributed by atoms with E-state index in [9.17, 15) is 19.8 Å². The van der Waals surface area contributed by atoms with Crippen LogP contribution in [-0.4, -0.2) is 22.2 Å². The van der Waals surface area contributed by atoms with Gasteiger partial charge in [-0.15, -0.1) is 11.5 Å². The van der Waals surface area contributed by atoms with Crippen molar-refractivity contribution in [3.63, 3.8) is 0 Å². The summed E-state index contributed by atoms with van der Waals surface area (Å²) in [4.78, 5) is 21.5. The van der Waals surface area contributed by atoms with Gasteiger partial charge in [-0.25, -0.2) is 9.59 Å². The Labute approximate surface area is 157 Å². The molecule has 8 heteroatoms. The summed E-state index contributed by atoms with van der Waals surface area (Å²) >= 11 is 0. The average Bonchev–Trinajstić information content (AvgIpc) is 2.27. The molecular formula is C12H6Na2O6. The quantitative estimate of drug-likeness (QED) is 0.532. The second-order valence-corrected chi connectivity index (χ2v) is 3.66. The van der Waals surface area contributed by atoms with E-state index in [-0.39, 0.29) is 81.0 Å². The Hall–Kier alpha value is -0.760. The Kier molecular flexibility index (Phi) is 7.03. The monoisotopic (exact) mass is 292 g/mol. The minimum atomic E-state index is -1.32. The van der Waals surface area contributed by atoms with Gasteiger partial charge in [0.15, 0.2) is 0 Å². The first-order valence-corrected chi connectivity index (χ1v) is 4.82. The van der Waals surface area contributed by atoms with E-state index in [4.69, 9.17) is 10.2 Å². The van der Waals surface area contributed by atoms with Crippen molar-refractivity contribution in [1.29, 1.82) is 0 Å². The normalized spacial score (nSPS) is 9.40. The minimum absolute atomic E-state index is 0. The molecule has 0 unspecified atom stereocenters. The van der Waals surface area contributed by atoms with Crippen molar-refractivity contribution in [1.82, 2.24) is 0 Å². The number of benzene rings is 2. The molecule has 6 nitrogen and oxygen atoms in total. The summed E-state index contributed by atoms with van der Waals surface area (Å²) in [7, 11) is 0. The summed E-state index contributed by atoms with van der Waals surface area (Å²) in [5.74, 6) is -4.09. The zero-order valence-corrected chi connectivity index (χ0v) is 14.8. The molecule has 0 saturated heterocycles. The van der Waals surface area contributed by atoms with E-state index in [1.807, 2.05) is 0 Å². The first-order chi connectivity index (χ1) is 8.40. The minimum Gasteiger partial charge on any atom is -0.872 e. The molecule has 0 heterocycles. The van der Waals surface area contributed by atoms with Crippen molar-refractivity contribution < 1.29 is 89.1 Å². The molecule has 0 aromatic heterocycles. The van der Waals surface area contributed by atoms with Gasteiger partial charge in [-0.3, -0.25) is 0 Å². The summed E-state index contributed by atoms with van der Waals surface area (Å²) < 4.78 is 0. The van der Waals surface area contributed by atoms with Crippen LogP contribution in [0.3, 0.4) is 0 Å². The van der Waals surface area contributed by atoms with Gasteiger partial charge in [0.2, 0.25) is 0 Å². The number of hydrogen-bond donors (Lipinski definition) is 2. The van der Waals surface area contributed by atoms with Crippen LogP contribution in [0.2, 0.25) is 0 Å². The molecule has 0 aliphatic carbocycles. The van der Waals surface area contributed by atoms with E-state index in [1.54, 1.807) is 0 Å². The van der Waals surface area contributed by atoms with E-state index in [1.165, 1.54) is 0 Å². The Bertz CT molecular complexity index is 628. The molecule has 0 aliphatic rings. The summed E-state index contributed by atoms with van der Waals surface area (Å²) in [6, 6.07) is 3.89. The smallest absolute Gasteiger partial charge is 0.872 e. The van der Waals surface area contributed by atoms with Gasteiger partial charge in [0.1, 0.15) is 0 Å². The molecule has 0 atom stereocenters. The molecule has 0 radical (unpaired) electrons. The molecule has 0 spiro atoms. The number of fused-ring (bicyclic) bond motifs is 1. The summed E-state index contributed by atoms with van der Waals surface area (Å²) in [5.41, 5.74) is -0.566. The molecule has 2 N–H and O–H groups in total. The van der Waals surface area contributed by atoms with Crippen molar-refractivity contribution in [2.45, 2.75) is 0 Å². The molecule has 0 saturated carbocycles. The largest absolute Gasteiger partial charge is 1.00 e. The predicted octanol–water partition coefficient (Wildman–Crippen LogP) is -5.61. The maximum atomic E-state index is 11.6. The Morgan fingerprint density at radius 3 is 1.45 bits per heavy atom. The third-order valence-electron chi connectivity index (χ3n) is 2.47. The van der Waals surface area contributed by atoms with Gasteiger partial charge in [0, 0.05) is 0 Å². The zero-order valence-electron chi connectivity index (χ0n) is 10.8. The number of carbonyl (C=O) groups is 2. The van der Waals surface area contributed by atoms with Crippen LogP contribution < -0.4 is 69.3 Å². The van der Waals surface area contributed by atoms with E-state index < -0.39 is 23.4 Å². The second-order valence-electron chi connectivity index (χ2n) is 3.66. The zero-order chi connectivity index (χ0) is 13.4. The van der Waals surface area contributed by atoms with E-state index >= 15 is 0 Å². The predicted molar refractivity (Wildman–Crippen MR) is 56.8 cm³/mol. The van der Waals surface area contributed by atoms with Gasteiger partial charge in [-0.1, -0.05) is 12.1 Å². The first kappa shape index (κ1) is 19.2. The van der Waals surface area contributed by atoms with Crippen LogP contribution in [0.5, 0.6) is 11.5 Å². The van der Waals surface area contributed by atoms with Crippen molar-refractivity contribution in [3.05, 3.63) is 35.4 Å². The SMILES string of the molecule is O=C(O)c1cc([O-])c2c([O-])cc(C(=O)O)cc2c1.[Na+].[Na+]. The van der Waals surface area contributed by atoms with E-state index in [0.29, 0.717) is 0 Å². The maximum Gasteiger partial charge on any atom is 1.00 e. The molecule has 0 fully saturated rings. The fraction of sp³-hybridized carbons (Fsp3) is 0. The first-order valence-electron chi connectivity index (χ1n) is 4.82. The van der Waals surface area contributed by atoms with Crippen molar-refractivity contribution in [3.8, 4) is 11.5 Å².